The third-order valence-corrected chi connectivity index (χ3v) is 11.6. The van der Waals surface area contributed by atoms with Crippen LogP contribution in [-0.4, -0.2) is 74.9 Å². The number of carbonyl (C=O) groups is 2. The molecule has 1 unspecified atom stereocenters. The Morgan fingerprint density at radius 2 is 0.900 bits per heavy atom. The van der Waals surface area contributed by atoms with E-state index < -0.39 is 26.5 Å². The monoisotopic (exact) mass is 869 g/mol. The van der Waals surface area contributed by atoms with Gasteiger partial charge >= 0.3 is 19.8 Å². The summed E-state index contributed by atoms with van der Waals surface area (Å²) in [7, 11) is 1.48. The van der Waals surface area contributed by atoms with E-state index in [2.05, 4.69) is 50.3 Å². The third-order valence-electron chi connectivity index (χ3n) is 10.6. The Balaban J connectivity index is 4.27. The van der Waals surface area contributed by atoms with Gasteiger partial charge in [-0.25, -0.2) is 4.57 Å². The second-order valence-corrected chi connectivity index (χ2v) is 19.3. The lowest BCUT2D eigenvalue weighted by molar-refractivity contribution is -0.870. The van der Waals surface area contributed by atoms with Crippen LogP contribution in [0.5, 0.6) is 0 Å². The van der Waals surface area contributed by atoms with E-state index in [0.29, 0.717) is 17.4 Å². The minimum atomic E-state index is -4.38. The van der Waals surface area contributed by atoms with E-state index in [9.17, 15) is 19.0 Å². The standard InChI is InChI=1S/C50H94NO8P/c1-6-8-10-12-14-16-18-20-22-24-25-27-28-30-32-34-36-38-40-42-49(52)56-46-48(47-58-60(54,55)57-45-44-51(3,4)5)59-50(53)43-41-39-37-35-33-31-29-26-23-21-19-17-15-13-11-9-7-2/h14,16-17,19-20,22,48H,6-13,15,18,21,23-47H2,1-5H3/p+1/b16-14+,19-17+,22-20+/t48-/m1/s1. The average Bonchev–Trinajstić information content (AvgIpc) is 3.20. The van der Waals surface area contributed by atoms with E-state index in [1.807, 2.05) is 21.1 Å². The topological polar surface area (TPSA) is 108 Å². The molecule has 0 rings (SSSR count). The molecule has 0 saturated heterocycles. The van der Waals surface area contributed by atoms with Crippen LogP contribution < -0.4 is 0 Å². The molecule has 0 heterocycles. The molecule has 0 radical (unpaired) electrons. The normalized spacial score (nSPS) is 13.8. The van der Waals surface area contributed by atoms with Crippen LogP contribution in [0.1, 0.15) is 219 Å². The second kappa shape index (κ2) is 42.5. The number of likely N-dealkylation sites (N-methyl/N-ethyl adjacent to an activating group) is 1. The van der Waals surface area contributed by atoms with Crippen LogP contribution in [0.25, 0.3) is 0 Å². The Labute approximate surface area is 370 Å². The predicted octanol–water partition coefficient (Wildman–Crippen LogP) is 14.5. The quantitative estimate of drug-likeness (QED) is 0.0212. The van der Waals surface area contributed by atoms with E-state index in [1.165, 1.54) is 141 Å². The molecule has 0 saturated carbocycles. The van der Waals surface area contributed by atoms with Gasteiger partial charge in [-0.15, -0.1) is 0 Å². The first-order chi connectivity index (χ1) is 29.0. The van der Waals surface area contributed by atoms with Gasteiger partial charge in [-0.05, 0) is 70.6 Å². The van der Waals surface area contributed by atoms with Crippen molar-refractivity contribution in [3.05, 3.63) is 36.5 Å². The summed E-state index contributed by atoms with van der Waals surface area (Å²) in [4.78, 5) is 35.5. The Morgan fingerprint density at radius 1 is 0.517 bits per heavy atom. The van der Waals surface area contributed by atoms with E-state index in [0.717, 1.165) is 44.9 Å². The van der Waals surface area contributed by atoms with Gasteiger partial charge in [0.2, 0.25) is 0 Å². The molecule has 10 heteroatoms. The summed E-state index contributed by atoms with van der Waals surface area (Å²) in [6.07, 6.45) is 49.0. The van der Waals surface area contributed by atoms with E-state index in [1.54, 1.807) is 0 Å². The number of rotatable bonds is 45. The number of ether oxygens (including phenoxy) is 2. The van der Waals surface area contributed by atoms with Gasteiger partial charge in [0.25, 0.3) is 0 Å². The lowest BCUT2D eigenvalue weighted by atomic mass is 10.1. The van der Waals surface area contributed by atoms with Gasteiger partial charge in [-0.1, -0.05) is 172 Å². The largest absolute Gasteiger partial charge is 0.472 e. The first kappa shape index (κ1) is 58.2. The minimum absolute atomic E-state index is 0.0310. The number of allylic oxidation sites excluding steroid dienone is 6. The Bertz CT molecular complexity index is 1120. The zero-order valence-electron chi connectivity index (χ0n) is 39.7. The number of quaternary nitrogens is 1. The van der Waals surface area contributed by atoms with Gasteiger partial charge in [0.05, 0.1) is 27.7 Å². The lowest BCUT2D eigenvalue weighted by Gasteiger charge is -2.24. The molecule has 0 aliphatic heterocycles. The molecule has 0 amide bonds. The Morgan fingerprint density at radius 3 is 1.37 bits per heavy atom. The van der Waals surface area contributed by atoms with E-state index in [4.69, 9.17) is 18.5 Å². The molecule has 352 valence electrons. The maximum Gasteiger partial charge on any atom is 0.472 e. The van der Waals surface area contributed by atoms with Gasteiger partial charge in [0.1, 0.15) is 19.8 Å². The second-order valence-electron chi connectivity index (χ2n) is 17.8. The molecule has 0 bridgehead atoms. The summed E-state index contributed by atoms with van der Waals surface area (Å²) in [6, 6.07) is 0. The van der Waals surface area contributed by atoms with Crippen LogP contribution in [0.2, 0.25) is 0 Å². The zero-order chi connectivity index (χ0) is 44.3. The molecule has 0 spiro atoms. The number of esters is 2. The van der Waals surface area contributed by atoms with Gasteiger partial charge in [0, 0.05) is 12.8 Å². The lowest BCUT2D eigenvalue weighted by Crippen LogP contribution is -2.37. The number of carbonyl (C=O) groups excluding carboxylic acids is 2. The number of phosphoric acid groups is 1. The van der Waals surface area contributed by atoms with Crippen LogP contribution in [-0.2, 0) is 32.7 Å². The highest BCUT2D eigenvalue weighted by molar-refractivity contribution is 7.47. The molecule has 60 heavy (non-hydrogen) atoms. The van der Waals surface area contributed by atoms with Crippen molar-refractivity contribution in [1.29, 1.82) is 0 Å². The highest BCUT2D eigenvalue weighted by Gasteiger charge is 2.27. The summed E-state index contributed by atoms with van der Waals surface area (Å²) in [6.45, 7) is 4.40. The number of unbranched alkanes of at least 4 members (excludes halogenated alkanes) is 25. The summed E-state index contributed by atoms with van der Waals surface area (Å²) in [5.74, 6) is -0.800. The number of phosphoric ester groups is 1. The molecular formula is C50H95NO8P+. The van der Waals surface area contributed by atoms with Crippen molar-refractivity contribution in [2.75, 3.05) is 47.5 Å². The number of nitrogens with zero attached hydrogens (tertiary/aromatic N) is 1. The summed E-state index contributed by atoms with van der Waals surface area (Å²) in [5, 5.41) is 0. The molecule has 0 fully saturated rings. The van der Waals surface area contributed by atoms with Crippen molar-refractivity contribution in [2.45, 2.75) is 225 Å². The van der Waals surface area contributed by atoms with E-state index in [-0.39, 0.29) is 32.0 Å². The van der Waals surface area contributed by atoms with Gasteiger partial charge in [-0.2, -0.15) is 0 Å². The summed E-state index contributed by atoms with van der Waals surface area (Å²) >= 11 is 0. The fourth-order valence-electron chi connectivity index (χ4n) is 6.75. The maximum absolute atomic E-state index is 12.7. The molecule has 0 aliphatic rings. The SMILES string of the molecule is CCCCC/C=C/C/C=C/CCCCCCCCCCCC(=O)OC[C@H](COP(=O)(O)OCC[N+](C)(C)C)OC(=O)CCCCCCCCCCC/C=C/CCCCCC. The molecule has 9 nitrogen and oxygen atoms in total. The minimum Gasteiger partial charge on any atom is -0.462 e. The molecule has 0 aromatic rings. The van der Waals surface area contributed by atoms with E-state index >= 15 is 0 Å². The Kier molecular flexibility index (Phi) is 41.3. The first-order valence-electron chi connectivity index (χ1n) is 24.7. The van der Waals surface area contributed by atoms with Gasteiger partial charge < -0.3 is 18.9 Å². The first-order valence-corrected chi connectivity index (χ1v) is 26.2. The molecular weight excluding hydrogens is 774 g/mol. The van der Waals surface area contributed by atoms with Crippen molar-refractivity contribution >= 4 is 19.8 Å². The number of hydrogen-bond donors (Lipinski definition) is 1. The highest BCUT2D eigenvalue weighted by atomic mass is 31.2. The highest BCUT2D eigenvalue weighted by Crippen LogP contribution is 2.43. The molecule has 1 N–H and O–H groups in total. The number of hydrogen-bond acceptors (Lipinski definition) is 7. The smallest absolute Gasteiger partial charge is 0.462 e. The van der Waals surface area contributed by atoms with Crippen LogP contribution in [0.3, 0.4) is 0 Å². The fraction of sp³-hybridized carbons (Fsp3) is 0.840. The van der Waals surface area contributed by atoms with Crippen LogP contribution in [0.15, 0.2) is 36.5 Å². The summed E-state index contributed by atoms with van der Waals surface area (Å²) in [5.41, 5.74) is 0. The van der Waals surface area contributed by atoms with Crippen molar-refractivity contribution < 1.29 is 42.1 Å². The average molecular weight is 869 g/mol. The van der Waals surface area contributed by atoms with Gasteiger partial charge in [0.15, 0.2) is 6.10 Å². The molecule has 0 aromatic carbocycles. The molecule has 0 aromatic heterocycles. The maximum atomic E-state index is 12.7. The van der Waals surface area contributed by atoms with Crippen LogP contribution in [0, 0.1) is 0 Å². The van der Waals surface area contributed by atoms with Crippen LogP contribution >= 0.6 is 7.82 Å². The van der Waals surface area contributed by atoms with Crippen molar-refractivity contribution in [3.63, 3.8) is 0 Å². The van der Waals surface area contributed by atoms with Crippen molar-refractivity contribution in [1.82, 2.24) is 0 Å². The van der Waals surface area contributed by atoms with Gasteiger partial charge in [-0.3, -0.25) is 18.6 Å². The van der Waals surface area contributed by atoms with Crippen molar-refractivity contribution in [2.24, 2.45) is 0 Å². The van der Waals surface area contributed by atoms with Crippen molar-refractivity contribution in [3.8, 4) is 0 Å². The fourth-order valence-corrected chi connectivity index (χ4v) is 7.49. The molecule has 0 aliphatic carbocycles. The predicted molar refractivity (Wildman–Crippen MR) is 252 cm³/mol. The Hall–Kier alpha value is -1.77. The molecule has 2 atom stereocenters. The summed E-state index contributed by atoms with van der Waals surface area (Å²) < 4.78 is 34.4. The van der Waals surface area contributed by atoms with Crippen LogP contribution in [0.4, 0.5) is 0 Å². The zero-order valence-corrected chi connectivity index (χ0v) is 40.6. The third kappa shape index (κ3) is 45.7.